The predicted octanol–water partition coefficient (Wildman–Crippen LogP) is 2.28. The summed E-state index contributed by atoms with van der Waals surface area (Å²) in [6, 6.07) is 9.44. The molecule has 0 bridgehead atoms. The van der Waals surface area contributed by atoms with E-state index in [1.165, 1.54) is 56.9 Å². The van der Waals surface area contributed by atoms with Gasteiger partial charge in [0.1, 0.15) is 11.5 Å². The molecule has 172 valence electrons. The van der Waals surface area contributed by atoms with Gasteiger partial charge in [0.15, 0.2) is 26.1 Å². The van der Waals surface area contributed by atoms with Crippen LogP contribution in [0.25, 0.3) is 10.2 Å². The summed E-state index contributed by atoms with van der Waals surface area (Å²) in [6.45, 7) is 0.801. The van der Waals surface area contributed by atoms with Gasteiger partial charge in [-0.2, -0.15) is 4.99 Å². The number of nitrogens with zero attached hydrogens (tertiary/aromatic N) is 2. The Balaban J connectivity index is 2.00. The van der Waals surface area contributed by atoms with Crippen molar-refractivity contribution >= 4 is 37.3 Å². The molecular weight excluding hydrogens is 456 g/mol. The van der Waals surface area contributed by atoms with Crippen LogP contribution in [-0.2, 0) is 25.9 Å². The molecule has 1 heterocycles. The molecule has 0 saturated carbocycles. The number of hydrogen-bond donors (Lipinski definition) is 0. The fraction of sp³-hybridized carbons (Fsp3) is 0.333. The van der Waals surface area contributed by atoms with Crippen LogP contribution in [0, 0.1) is 0 Å². The van der Waals surface area contributed by atoms with Crippen LogP contribution in [-0.4, -0.2) is 59.7 Å². The standard InChI is InChI=1S/C21H24N2O7S2/c1-27-10-9-23-16-11-17(29-3)18(30-4)12-19(16)31-21(23)22-20(24)13-32(25,26)15-7-5-14(28-2)6-8-15/h5-8,11-12H,9-10,13H2,1-4H3. The van der Waals surface area contributed by atoms with Crippen LogP contribution in [0.1, 0.15) is 0 Å². The van der Waals surface area contributed by atoms with Gasteiger partial charge >= 0.3 is 0 Å². The molecule has 0 aliphatic heterocycles. The predicted molar refractivity (Wildman–Crippen MR) is 120 cm³/mol. The summed E-state index contributed by atoms with van der Waals surface area (Å²) in [7, 11) is 2.28. The van der Waals surface area contributed by atoms with E-state index >= 15 is 0 Å². The second kappa shape index (κ2) is 10.2. The third kappa shape index (κ3) is 5.12. The molecule has 0 atom stereocenters. The van der Waals surface area contributed by atoms with E-state index in [0.717, 1.165) is 10.2 Å². The highest BCUT2D eigenvalue weighted by Crippen LogP contribution is 2.33. The van der Waals surface area contributed by atoms with Crippen molar-refractivity contribution in [2.75, 3.05) is 40.8 Å². The Labute approximate surface area is 189 Å². The molecule has 1 amide bonds. The lowest BCUT2D eigenvalue weighted by Crippen LogP contribution is -2.22. The first-order valence-corrected chi connectivity index (χ1v) is 12.0. The van der Waals surface area contributed by atoms with Gasteiger partial charge in [-0.1, -0.05) is 11.3 Å². The van der Waals surface area contributed by atoms with Crippen molar-refractivity contribution in [1.82, 2.24) is 4.57 Å². The third-order valence-electron chi connectivity index (χ3n) is 4.66. The fourth-order valence-electron chi connectivity index (χ4n) is 3.05. The first kappa shape index (κ1) is 23.8. The molecule has 32 heavy (non-hydrogen) atoms. The van der Waals surface area contributed by atoms with E-state index in [1.807, 2.05) is 0 Å². The summed E-state index contributed by atoms with van der Waals surface area (Å²) in [5.41, 5.74) is 0.772. The SMILES string of the molecule is COCCn1c(=NC(=O)CS(=O)(=O)c2ccc(OC)cc2)sc2cc(OC)c(OC)cc21. The number of methoxy groups -OCH3 is 4. The number of aromatic nitrogens is 1. The Kier molecular flexibility index (Phi) is 7.54. The van der Waals surface area contributed by atoms with Crippen LogP contribution < -0.4 is 19.0 Å². The number of ether oxygens (including phenoxy) is 4. The molecule has 0 aliphatic carbocycles. The van der Waals surface area contributed by atoms with Crippen molar-refractivity contribution in [2.45, 2.75) is 11.4 Å². The maximum absolute atomic E-state index is 12.7. The van der Waals surface area contributed by atoms with E-state index < -0.39 is 21.5 Å². The first-order chi connectivity index (χ1) is 15.3. The number of thiazole rings is 1. The number of sulfone groups is 1. The van der Waals surface area contributed by atoms with Crippen molar-refractivity contribution < 1.29 is 32.2 Å². The molecule has 0 saturated heterocycles. The lowest BCUT2D eigenvalue weighted by atomic mass is 10.3. The van der Waals surface area contributed by atoms with Crippen LogP contribution in [0.3, 0.4) is 0 Å². The number of hydrogen-bond acceptors (Lipinski definition) is 8. The van der Waals surface area contributed by atoms with Crippen molar-refractivity contribution in [3.05, 3.63) is 41.2 Å². The molecule has 0 spiro atoms. The van der Waals surface area contributed by atoms with Gasteiger partial charge in [0.05, 0.1) is 43.0 Å². The molecule has 3 aromatic rings. The van der Waals surface area contributed by atoms with E-state index in [0.29, 0.717) is 35.2 Å². The third-order valence-corrected chi connectivity index (χ3v) is 7.32. The average molecular weight is 481 g/mol. The Morgan fingerprint density at radius 3 is 2.25 bits per heavy atom. The summed E-state index contributed by atoms with van der Waals surface area (Å²) < 4.78 is 48.8. The zero-order valence-electron chi connectivity index (χ0n) is 18.2. The van der Waals surface area contributed by atoms with Crippen LogP contribution >= 0.6 is 11.3 Å². The average Bonchev–Trinajstić information content (AvgIpc) is 3.11. The van der Waals surface area contributed by atoms with E-state index in [4.69, 9.17) is 18.9 Å². The number of carbonyl (C=O) groups is 1. The number of amides is 1. The van der Waals surface area contributed by atoms with E-state index in [1.54, 1.807) is 23.8 Å². The molecule has 11 heteroatoms. The molecule has 9 nitrogen and oxygen atoms in total. The highest BCUT2D eigenvalue weighted by atomic mass is 32.2. The number of rotatable bonds is 9. The molecule has 2 aromatic carbocycles. The summed E-state index contributed by atoms with van der Waals surface area (Å²) in [4.78, 5) is 17.1. The lowest BCUT2D eigenvalue weighted by Gasteiger charge is -2.09. The summed E-state index contributed by atoms with van der Waals surface area (Å²) >= 11 is 1.25. The van der Waals surface area contributed by atoms with Crippen molar-refractivity contribution in [3.8, 4) is 17.2 Å². The summed E-state index contributed by atoms with van der Waals surface area (Å²) in [5, 5.41) is 0. The lowest BCUT2D eigenvalue weighted by molar-refractivity contribution is -0.115. The second-order valence-corrected chi connectivity index (χ2v) is 9.64. The van der Waals surface area contributed by atoms with E-state index in [9.17, 15) is 13.2 Å². The zero-order chi connectivity index (χ0) is 23.3. The van der Waals surface area contributed by atoms with Crippen LogP contribution in [0.15, 0.2) is 46.3 Å². The Bertz CT molecular complexity index is 1280. The van der Waals surface area contributed by atoms with Gasteiger partial charge in [0, 0.05) is 25.8 Å². The van der Waals surface area contributed by atoms with Gasteiger partial charge in [-0.05, 0) is 24.3 Å². The quantitative estimate of drug-likeness (QED) is 0.463. The van der Waals surface area contributed by atoms with Gasteiger partial charge in [-0.25, -0.2) is 8.42 Å². The number of carbonyl (C=O) groups excluding carboxylic acids is 1. The molecular formula is C21H24N2O7S2. The molecule has 0 N–H and O–H groups in total. The van der Waals surface area contributed by atoms with Crippen LogP contribution in [0.4, 0.5) is 0 Å². The summed E-state index contributed by atoms with van der Waals surface area (Å²) in [6.07, 6.45) is 0. The van der Waals surface area contributed by atoms with Gasteiger partial charge in [0.2, 0.25) is 0 Å². The van der Waals surface area contributed by atoms with Crippen molar-refractivity contribution in [2.24, 2.45) is 4.99 Å². The fourth-order valence-corrected chi connectivity index (χ4v) is 5.24. The van der Waals surface area contributed by atoms with Gasteiger partial charge in [-0.15, -0.1) is 0 Å². The monoisotopic (exact) mass is 480 g/mol. The molecule has 0 fully saturated rings. The smallest absolute Gasteiger partial charge is 0.263 e. The highest BCUT2D eigenvalue weighted by molar-refractivity contribution is 7.92. The minimum Gasteiger partial charge on any atom is -0.497 e. The van der Waals surface area contributed by atoms with Crippen molar-refractivity contribution in [1.29, 1.82) is 0 Å². The molecule has 1 aromatic heterocycles. The number of benzene rings is 2. The van der Waals surface area contributed by atoms with Crippen molar-refractivity contribution in [3.63, 3.8) is 0 Å². The largest absolute Gasteiger partial charge is 0.497 e. The molecule has 0 radical (unpaired) electrons. The molecule has 0 unspecified atom stereocenters. The molecule has 3 rings (SSSR count). The van der Waals surface area contributed by atoms with E-state index in [-0.39, 0.29) is 4.90 Å². The van der Waals surface area contributed by atoms with E-state index in [2.05, 4.69) is 4.99 Å². The topological polar surface area (TPSA) is 105 Å². The second-order valence-electron chi connectivity index (χ2n) is 6.64. The maximum Gasteiger partial charge on any atom is 0.263 e. The minimum absolute atomic E-state index is 0.0277. The Hall–Kier alpha value is -2.89. The van der Waals surface area contributed by atoms with Gasteiger partial charge in [0.25, 0.3) is 5.91 Å². The van der Waals surface area contributed by atoms with Crippen LogP contribution in [0.5, 0.6) is 17.2 Å². The molecule has 0 aliphatic rings. The first-order valence-electron chi connectivity index (χ1n) is 9.51. The number of fused-ring (bicyclic) bond motifs is 1. The summed E-state index contributed by atoms with van der Waals surface area (Å²) in [5.74, 6) is 0.0848. The highest BCUT2D eigenvalue weighted by Gasteiger charge is 2.20. The normalized spacial score (nSPS) is 12.2. The minimum atomic E-state index is -3.85. The maximum atomic E-state index is 12.7. The van der Waals surface area contributed by atoms with Crippen LogP contribution in [0.2, 0.25) is 0 Å². The van der Waals surface area contributed by atoms with Gasteiger partial charge in [-0.3, -0.25) is 4.79 Å². The Morgan fingerprint density at radius 1 is 1.00 bits per heavy atom. The Morgan fingerprint density at radius 2 is 1.66 bits per heavy atom. The van der Waals surface area contributed by atoms with Gasteiger partial charge < -0.3 is 23.5 Å². The zero-order valence-corrected chi connectivity index (χ0v) is 19.8.